The number of hydrogen-bond donors (Lipinski definition) is 0. The molecule has 12 rings (SSSR count). The molecule has 4 aliphatic carbocycles. The van der Waals surface area contributed by atoms with E-state index < -0.39 is 0 Å². The average molecular weight is 771 g/mol. The van der Waals surface area contributed by atoms with Crippen LogP contribution in [0, 0.1) is 0 Å². The van der Waals surface area contributed by atoms with Gasteiger partial charge >= 0.3 is 0 Å². The molecule has 0 unspecified atom stereocenters. The molecule has 0 bridgehead atoms. The molecule has 258 valence electrons. The van der Waals surface area contributed by atoms with Crippen molar-refractivity contribution in [2.75, 3.05) is 0 Å². The Labute approximate surface area is 324 Å². The van der Waals surface area contributed by atoms with Crippen LogP contribution in [-0.4, -0.2) is 23.1 Å². The van der Waals surface area contributed by atoms with Gasteiger partial charge in [-0.15, -0.1) is 45.3 Å². The monoisotopic (exact) mass is 770 g/mol. The summed E-state index contributed by atoms with van der Waals surface area (Å²) < 4.78 is 5.03. The van der Waals surface area contributed by atoms with Crippen LogP contribution in [0.15, 0.2) is 96.1 Å². The first-order valence-electron chi connectivity index (χ1n) is 18.2. The van der Waals surface area contributed by atoms with Gasteiger partial charge in [0.15, 0.2) is 23.1 Å². The second-order valence-corrected chi connectivity index (χ2v) is 19.1. The third-order valence-electron chi connectivity index (χ3n) is 12.0. The highest BCUT2D eigenvalue weighted by Gasteiger charge is 2.48. The maximum absolute atomic E-state index is 13.7. The van der Waals surface area contributed by atoms with Crippen molar-refractivity contribution >= 4 is 121 Å². The van der Waals surface area contributed by atoms with E-state index in [1.54, 1.807) is 28.7 Å². The molecule has 4 aromatic carbocycles. The van der Waals surface area contributed by atoms with Crippen molar-refractivity contribution in [2.24, 2.45) is 0 Å². The molecule has 54 heavy (non-hydrogen) atoms. The molecule has 0 aliphatic heterocycles. The van der Waals surface area contributed by atoms with Crippen LogP contribution in [0.2, 0.25) is 0 Å². The number of hydrogen-bond acceptors (Lipinski definition) is 8. The molecule has 4 aromatic heterocycles. The quantitative estimate of drug-likeness (QED) is 0.130. The van der Waals surface area contributed by atoms with Gasteiger partial charge in [0.2, 0.25) is 0 Å². The van der Waals surface area contributed by atoms with Crippen LogP contribution in [0.4, 0.5) is 0 Å². The van der Waals surface area contributed by atoms with Gasteiger partial charge < -0.3 is 0 Å². The van der Waals surface area contributed by atoms with Crippen LogP contribution < -0.4 is 0 Å². The minimum atomic E-state index is -0.202. The molecular formula is C46H26O4S4. The fourth-order valence-corrected chi connectivity index (χ4v) is 15.2. The van der Waals surface area contributed by atoms with Crippen molar-refractivity contribution in [3.63, 3.8) is 0 Å². The Morgan fingerprint density at radius 2 is 0.981 bits per heavy atom. The van der Waals surface area contributed by atoms with E-state index in [4.69, 9.17) is 0 Å². The summed E-state index contributed by atoms with van der Waals surface area (Å²) in [6, 6.07) is 27.5. The van der Waals surface area contributed by atoms with Gasteiger partial charge in [0.05, 0.1) is 30.1 Å². The zero-order valence-electron chi connectivity index (χ0n) is 28.5. The van der Waals surface area contributed by atoms with Crippen molar-refractivity contribution in [3.8, 4) is 9.75 Å². The van der Waals surface area contributed by atoms with E-state index in [1.807, 2.05) is 102 Å². The zero-order chi connectivity index (χ0) is 36.0. The van der Waals surface area contributed by atoms with Crippen LogP contribution in [-0.2, 0) is 5.41 Å². The van der Waals surface area contributed by atoms with Crippen LogP contribution in [0.3, 0.4) is 0 Å². The molecule has 0 N–H and O–H groups in total. The number of fused-ring (bicyclic) bond motifs is 13. The molecule has 4 nitrogen and oxygen atoms in total. The molecule has 1 fully saturated rings. The lowest BCUT2D eigenvalue weighted by molar-refractivity contribution is 0.0975. The van der Waals surface area contributed by atoms with Gasteiger partial charge in [-0.3, -0.25) is 19.2 Å². The molecule has 0 saturated heterocycles. The Balaban J connectivity index is 0.945. The number of Topliss-reactive ketones (excluding diaryl/α,β-unsaturated/α-hetero) is 4. The van der Waals surface area contributed by atoms with E-state index in [2.05, 4.69) is 12.1 Å². The minimum absolute atomic E-state index is 0.0748. The number of carbonyl (C=O) groups excluding carboxylic acids is 4. The van der Waals surface area contributed by atoms with Crippen LogP contribution >= 0.6 is 45.3 Å². The van der Waals surface area contributed by atoms with Gasteiger partial charge in [-0.05, 0) is 88.5 Å². The normalized spacial score (nSPS) is 17.1. The first-order valence-corrected chi connectivity index (χ1v) is 21.4. The van der Waals surface area contributed by atoms with E-state index in [0.717, 1.165) is 44.1 Å². The third kappa shape index (κ3) is 4.11. The van der Waals surface area contributed by atoms with Gasteiger partial charge in [-0.1, -0.05) is 67.8 Å². The number of thiophene rings is 4. The fraction of sp³-hybridized carbons (Fsp3) is 0.130. The van der Waals surface area contributed by atoms with Gasteiger partial charge in [0.1, 0.15) is 0 Å². The van der Waals surface area contributed by atoms with Crippen molar-refractivity contribution in [2.45, 2.75) is 37.5 Å². The summed E-state index contributed by atoms with van der Waals surface area (Å²) in [5.41, 5.74) is 5.20. The predicted molar refractivity (Wildman–Crippen MR) is 223 cm³/mol. The summed E-state index contributed by atoms with van der Waals surface area (Å²) in [6.07, 6.45) is 9.37. The standard InChI is InChI=1S/C46H26O4S4/c47-37-28-14-22-8-2-3-9-23(22)15-29(28)38(48)32(37)18-26-20-34-41(51-26)43-36(46(34)12-6-1-7-13-46)44-45(54-43)42-35(53-44)21-27(52-42)19-33-39(49)30-16-24-10-4-5-11-25(24)17-31(30)40(33)50/h2-5,8-11,14-21H,1,6-7,12-13H2. The molecule has 0 atom stereocenters. The summed E-state index contributed by atoms with van der Waals surface area (Å²) in [5, 5.41) is 3.83. The van der Waals surface area contributed by atoms with Crippen molar-refractivity contribution in [1.29, 1.82) is 0 Å². The Hall–Kier alpha value is -5.12. The second-order valence-electron chi connectivity index (χ2n) is 14.9. The van der Waals surface area contributed by atoms with Gasteiger partial charge in [-0.2, -0.15) is 0 Å². The largest absolute Gasteiger partial charge is 0.288 e. The Kier molecular flexibility index (Phi) is 6.36. The Bertz CT molecular complexity index is 3050. The SMILES string of the molecule is O=C1C(=Cc2cc3c(s2)-c2sc4c(sc5cc(C=C6C(=O)c7cc8ccccc8cc7C6=O)sc54)c2C32CCCCC2)C(=O)c2cc3ccccc3cc21. The molecule has 1 saturated carbocycles. The highest BCUT2D eigenvalue weighted by Crippen LogP contribution is 2.65. The summed E-state index contributed by atoms with van der Waals surface area (Å²) in [5.74, 6) is -0.788. The van der Waals surface area contributed by atoms with Gasteiger partial charge in [0, 0.05) is 52.6 Å². The number of carbonyl (C=O) groups is 4. The lowest BCUT2D eigenvalue weighted by Crippen LogP contribution is -2.27. The first kappa shape index (κ1) is 31.3. The van der Waals surface area contributed by atoms with Crippen molar-refractivity contribution in [3.05, 3.63) is 139 Å². The lowest BCUT2D eigenvalue weighted by Gasteiger charge is -2.35. The van der Waals surface area contributed by atoms with E-state index >= 15 is 0 Å². The number of allylic oxidation sites excluding steroid dienone is 2. The van der Waals surface area contributed by atoms with Crippen molar-refractivity contribution in [1.82, 2.24) is 0 Å². The van der Waals surface area contributed by atoms with Crippen LogP contribution in [0.1, 0.15) is 94.4 Å². The van der Waals surface area contributed by atoms with Gasteiger partial charge in [-0.25, -0.2) is 0 Å². The topological polar surface area (TPSA) is 68.3 Å². The predicted octanol–water partition coefficient (Wildman–Crippen LogP) is 12.7. The Morgan fingerprint density at radius 3 is 1.50 bits per heavy atom. The molecule has 8 heteroatoms. The highest BCUT2D eigenvalue weighted by molar-refractivity contribution is 7.40. The molecule has 4 aliphatic rings. The van der Waals surface area contributed by atoms with Gasteiger partial charge in [0.25, 0.3) is 0 Å². The first-order chi connectivity index (χ1) is 26.4. The van der Waals surface area contributed by atoms with E-state index in [-0.39, 0.29) is 39.7 Å². The summed E-state index contributed by atoms with van der Waals surface area (Å²) >= 11 is 7.05. The molecule has 0 radical (unpaired) electrons. The van der Waals surface area contributed by atoms with Crippen molar-refractivity contribution < 1.29 is 19.2 Å². The molecule has 0 amide bonds. The number of benzene rings is 4. The molecular weight excluding hydrogens is 745 g/mol. The second kappa shape index (κ2) is 11.0. The summed E-state index contributed by atoms with van der Waals surface area (Å²) in [4.78, 5) is 58.9. The molecule has 8 aromatic rings. The van der Waals surface area contributed by atoms with E-state index in [0.29, 0.717) is 22.3 Å². The highest BCUT2D eigenvalue weighted by atomic mass is 32.1. The lowest BCUT2D eigenvalue weighted by atomic mass is 9.68. The third-order valence-corrected chi connectivity index (χ3v) is 17.1. The molecule has 1 spiro atoms. The average Bonchev–Trinajstić information content (AvgIpc) is 4.04. The number of ketones is 4. The maximum Gasteiger partial charge on any atom is 0.197 e. The smallest absolute Gasteiger partial charge is 0.197 e. The zero-order valence-corrected chi connectivity index (χ0v) is 31.8. The summed E-state index contributed by atoms with van der Waals surface area (Å²) in [6.45, 7) is 0. The molecule has 4 heterocycles. The fourth-order valence-electron chi connectivity index (χ4n) is 9.44. The number of rotatable bonds is 2. The maximum atomic E-state index is 13.7. The summed E-state index contributed by atoms with van der Waals surface area (Å²) in [7, 11) is 0. The Morgan fingerprint density at radius 1 is 0.481 bits per heavy atom. The van der Waals surface area contributed by atoms with Crippen LogP contribution in [0.25, 0.3) is 62.3 Å². The van der Waals surface area contributed by atoms with Crippen LogP contribution in [0.5, 0.6) is 0 Å². The minimum Gasteiger partial charge on any atom is -0.288 e. The van der Waals surface area contributed by atoms with E-state index in [9.17, 15) is 19.2 Å². The van der Waals surface area contributed by atoms with E-state index in [1.165, 1.54) is 58.9 Å².